The number of nitrogens with zero attached hydrogens (tertiary/aromatic N) is 1. The van der Waals surface area contributed by atoms with Crippen LogP contribution in [0.1, 0.15) is 31.7 Å². The summed E-state index contributed by atoms with van der Waals surface area (Å²) in [5, 5.41) is 53.9. The van der Waals surface area contributed by atoms with Crippen LogP contribution in [0.25, 0.3) is 16.8 Å². The first kappa shape index (κ1) is 33.2. The van der Waals surface area contributed by atoms with Gasteiger partial charge in [0.1, 0.15) is 18.1 Å². The van der Waals surface area contributed by atoms with Crippen molar-refractivity contribution in [2.75, 3.05) is 18.1 Å². The second-order valence-electron chi connectivity index (χ2n) is 12.5. The van der Waals surface area contributed by atoms with Crippen molar-refractivity contribution in [3.05, 3.63) is 113 Å². The first-order valence-corrected chi connectivity index (χ1v) is 16.1. The standard InChI is InChI=1S/C38H38BNO8/c1-23(18-24-15-17-33(42)30-13-6-5-12-29(24)30)14-16-34(43)35-25(22-48-28-10-3-2-4-11-28)19-31-36(32(35)21-41)38(45)40(37(31)44)27-9-7-8-26(20-27)39(46)47/h2-13,15,17-18,20,31-32,34,36,41-43,46-47H,14,16,19,21-22H2,1H3/b23-18+/t31-,32+,34-,36-/m1/s1. The van der Waals surface area contributed by atoms with Crippen LogP contribution in [0.4, 0.5) is 5.69 Å². The highest BCUT2D eigenvalue weighted by Gasteiger charge is 2.55. The third-order valence-electron chi connectivity index (χ3n) is 9.47. The molecule has 1 aliphatic carbocycles. The molecule has 0 radical (unpaired) electrons. The van der Waals surface area contributed by atoms with Crippen LogP contribution in [-0.2, 0) is 9.59 Å². The Morgan fingerprint density at radius 1 is 0.958 bits per heavy atom. The Hall–Kier alpha value is -4.74. The molecule has 9 nitrogen and oxygen atoms in total. The fourth-order valence-corrected chi connectivity index (χ4v) is 7.15. The molecule has 2 amide bonds. The van der Waals surface area contributed by atoms with Gasteiger partial charge in [0.05, 0.1) is 30.2 Å². The highest BCUT2D eigenvalue weighted by molar-refractivity contribution is 6.58. The molecule has 1 saturated heterocycles. The molecule has 0 spiro atoms. The van der Waals surface area contributed by atoms with E-state index in [0.29, 0.717) is 29.7 Å². The molecule has 48 heavy (non-hydrogen) atoms. The van der Waals surface area contributed by atoms with Gasteiger partial charge in [0.25, 0.3) is 0 Å². The van der Waals surface area contributed by atoms with Gasteiger partial charge in [-0.1, -0.05) is 72.3 Å². The predicted octanol–water partition coefficient (Wildman–Crippen LogP) is 3.96. The lowest BCUT2D eigenvalue weighted by atomic mass is 9.68. The molecule has 0 aromatic heterocycles. The highest BCUT2D eigenvalue weighted by atomic mass is 16.5. The van der Waals surface area contributed by atoms with E-state index in [9.17, 15) is 35.0 Å². The van der Waals surface area contributed by atoms with E-state index in [4.69, 9.17) is 4.74 Å². The average Bonchev–Trinajstić information content (AvgIpc) is 3.35. The van der Waals surface area contributed by atoms with Crippen molar-refractivity contribution in [3.63, 3.8) is 0 Å². The Bertz CT molecular complexity index is 1890. The minimum Gasteiger partial charge on any atom is -0.507 e. The quantitative estimate of drug-likeness (QED) is 0.0934. The number of fused-ring (bicyclic) bond motifs is 2. The van der Waals surface area contributed by atoms with Crippen LogP contribution in [0.15, 0.2) is 108 Å². The van der Waals surface area contributed by atoms with E-state index in [0.717, 1.165) is 26.8 Å². The van der Waals surface area contributed by atoms with E-state index in [1.165, 1.54) is 12.1 Å². The Morgan fingerprint density at radius 3 is 2.42 bits per heavy atom. The van der Waals surface area contributed by atoms with E-state index in [2.05, 4.69) is 0 Å². The SMILES string of the molecule is C/C(=C\c1ccc(O)c2ccccc12)CC[C@@H](O)C1=C(COc2ccccc2)C[C@H]2C(=O)N(c3cccc(B(O)O)c3)C(=O)[C@H]2[C@H]1CO. The number of phenols is 1. The van der Waals surface area contributed by atoms with Crippen molar-refractivity contribution in [3.8, 4) is 11.5 Å². The zero-order valence-electron chi connectivity index (χ0n) is 26.6. The van der Waals surface area contributed by atoms with Gasteiger partial charge >= 0.3 is 7.12 Å². The molecule has 4 aromatic carbocycles. The third-order valence-corrected chi connectivity index (χ3v) is 9.47. The highest BCUT2D eigenvalue weighted by Crippen LogP contribution is 2.47. The van der Waals surface area contributed by atoms with Gasteiger partial charge in [-0.3, -0.25) is 14.5 Å². The number of ether oxygens (including phenoxy) is 1. The van der Waals surface area contributed by atoms with E-state index in [1.54, 1.807) is 18.2 Å². The molecule has 246 valence electrons. The van der Waals surface area contributed by atoms with Gasteiger partial charge in [0.2, 0.25) is 11.8 Å². The van der Waals surface area contributed by atoms with Crippen LogP contribution >= 0.6 is 0 Å². The van der Waals surface area contributed by atoms with Crippen LogP contribution in [0.2, 0.25) is 0 Å². The number of aromatic hydroxyl groups is 1. The fourth-order valence-electron chi connectivity index (χ4n) is 7.15. The first-order chi connectivity index (χ1) is 23.2. The number of amides is 2. The minimum absolute atomic E-state index is 0.0676. The maximum absolute atomic E-state index is 14.0. The van der Waals surface area contributed by atoms with Crippen LogP contribution in [-0.4, -0.2) is 63.6 Å². The van der Waals surface area contributed by atoms with Crippen molar-refractivity contribution in [2.24, 2.45) is 17.8 Å². The van der Waals surface area contributed by atoms with Gasteiger partial charge in [-0.05, 0) is 84.1 Å². The number of anilines is 1. The lowest BCUT2D eigenvalue weighted by Crippen LogP contribution is -2.40. The zero-order chi connectivity index (χ0) is 33.9. The van der Waals surface area contributed by atoms with E-state index < -0.39 is 49.4 Å². The van der Waals surface area contributed by atoms with Crippen molar-refractivity contribution in [2.45, 2.75) is 32.3 Å². The number of imide groups is 1. The van der Waals surface area contributed by atoms with E-state index in [-0.39, 0.29) is 29.9 Å². The lowest BCUT2D eigenvalue weighted by Gasteiger charge is -2.36. The second kappa shape index (κ2) is 14.2. The molecule has 6 rings (SSSR count). The number of aliphatic hydroxyl groups is 2. The molecule has 1 fully saturated rings. The molecule has 1 aliphatic heterocycles. The smallest absolute Gasteiger partial charge is 0.488 e. The van der Waals surface area contributed by atoms with Gasteiger partial charge in [-0.2, -0.15) is 0 Å². The van der Waals surface area contributed by atoms with Crippen molar-refractivity contribution < 1.29 is 39.7 Å². The van der Waals surface area contributed by atoms with Crippen molar-refractivity contribution >= 4 is 46.9 Å². The van der Waals surface area contributed by atoms with Gasteiger partial charge in [-0.25, -0.2) is 0 Å². The summed E-state index contributed by atoms with van der Waals surface area (Å²) >= 11 is 0. The first-order valence-electron chi connectivity index (χ1n) is 16.1. The Kier molecular flexibility index (Phi) is 9.79. The number of rotatable bonds is 11. The molecule has 0 unspecified atom stereocenters. The summed E-state index contributed by atoms with van der Waals surface area (Å²) in [5.74, 6) is -2.66. The molecule has 10 heteroatoms. The van der Waals surface area contributed by atoms with Gasteiger partial charge in [0.15, 0.2) is 0 Å². The monoisotopic (exact) mass is 647 g/mol. The summed E-state index contributed by atoms with van der Waals surface area (Å²) in [6.45, 7) is 1.58. The normalized spacial score (nSPS) is 20.3. The number of aliphatic hydroxyl groups excluding tert-OH is 2. The summed E-state index contributed by atoms with van der Waals surface area (Å²) in [4.78, 5) is 28.9. The topological polar surface area (TPSA) is 148 Å². The van der Waals surface area contributed by atoms with Crippen LogP contribution in [0.3, 0.4) is 0 Å². The maximum Gasteiger partial charge on any atom is 0.488 e. The third kappa shape index (κ3) is 6.52. The number of hydrogen-bond acceptors (Lipinski definition) is 8. The van der Waals surface area contributed by atoms with Gasteiger partial charge < -0.3 is 30.1 Å². The Labute approximate surface area is 279 Å². The summed E-state index contributed by atoms with van der Waals surface area (Å²) in [7, 11) is -1.78. The molecule has 5 N–H and O–H groups in total. The van der Waals surface area contributed by atoms with Crippen LogP contribution in [0.5, 0.6) is 11.5 Å². The van der Waals surface area contributed by atoms with E-state index in [1.807, 2.05) is 73.7 Å². The molecule has 2 aliphatic rings. The molecule has 4 atom stereocenters. The molecular formula is C38H38BNO8. The molecular weight excluding hydrogens is 609 g/mol. The average molecular weight is 648 g/mol. The molecule has 0 bridgehead atoms. The number of carbonyl (C=O) groups is 2. The van der Waals surface area contributed by atoms with Crippen LogP contribution < -0.4 is 15.1 Å². The largest absolute Gasteiger partial charge is 0.507 e. The predicted molar refractivity (Wildman–Crippen MR) is 184 cm³/mol. The summed E-state index contributed by atoms with van der Waals surface area (Å²) < 4.78 is 6.09. The fraction of sp³-hybridized carbons (Fsp3) is 0.263. The summed E-state index contributed by atoms with van der Waals surface area (Å²) in [6, 6.07) is 26.2. The zero-order valence-corrected chi connectivity index (χ0v) is 26.6. The molecule has 4 aromatic rings. The summed E-state index contributed by atoms with van der Waals surface area (Å²) in [6.07, 6.45) is 1.98. The van der Waals surface area contributed by atoms with Crippen molar-refractivity contribution in [1.82, 2.24) is 0 Å². The minimum atomic E-state index is -1.78. The van der Waals surface area contributed by atoms with Crippen molar-refractivity contribution in [1.29, 1.82) is 0 Å². The van der Waals surface area contributed by atoms with E-state index >= 15 is 0 Å². The molecule has 0 saturated carbocycles. The van der Waals surface area contributed by atoms with Crippen LogP contribution in [0, 0.1) is 17.8 Å². The maximum atomic E-state index is 14.0. The lowest BCUT2D eigenvalue weighted by molar-refractivity contribution is -0.123. The number of hydrogen-bond donors (Lipinski definition) is 5. The number of allylic oxidation sites excluding steroid dienone is 1. The summed E-state index contributed by atoms with van der Waals surface area (Å²) in [5.41, 5.74) is 3.46. The number of phenolic OH excluding ortho intramolecular Hbond substituents is 1. The number of para-hydroxylation sites is 1. The Morgan fingerprint density at radius 2 is 1.69 bits per heavy atom. The number of carbonyl (C=O) groups excluding carboxylic acids is 2. The second-order valence-corrected chi connectivity index (χ2v) is 12.5. The molecule has 1 heterocycles. The van der Waals surface area contributed by atoms with Gasteiger partial charge in [0, 0.05) is 11.3 Å². The Balaban J connectivity index is 1.30. The van der Waals surface area contributed by atoms with Gasteiger partial charge in [-0.15, -0.1) is 0 Å². The number of benzene rings is 4.